The zero-order chi connectivity index (χ0) is 26.1. The third-order valence-electron chi connectivity index (χ3n) is 7.68. The molecule has 0 spiro atoms. The number of amidine groups is 1. The van der Waals surface area contributed by atoms with E-state index in [9.17, 15) is 19.0 Å². The Kier molecular flexibility index (Phi) is 7.28. The van der Waals surface area contributed by atoms with Crippen LogP contribution in [0.2, 0.25) is 0 Å². The van der Waals surface area contributed by atoms with Gasteiger partial charge in [0, 0.05) is 73.8 Å². The number of anilines is 1. The summed E-state index contributed by atoms with van der Waals surface area (Å²) < 4.78 is 30.1. The van der Waals surface area contributed by atoms with E-state index < -0.39 is 6.43 Å². The number of nitrogens with one attached hydrogen (secondary N) is 3. The maximum absolute atomic E-state index is 14.3. The molecule has 4 heterocycles. The standard InChI is InChI=1S/C27H35F2N7O/c1-17(37)35-11-7-24(33-20-5-8-31-9-6-20)23(16-35)27(30)36-10-3-4-18-12-21(19-14-32-34(2)15-19)22(26(28)29)13-25(18)36/h12-15,20,26,30-31,33H,3-11,16H2,1-2H3. The van der Waals surface area contributed by atoms with Gasteiger partial charge in [-0.2, -0.15) is 5.10 Å². The molecular weight excluding hydrogens is 476 g/mol. The Hall–Kier alpha value is -3.27. The first-order chi connectivity index (χ1) is 17.8. The molecule has 0 bridgehead atoms. The smallest absolute Gasteiger partial charge is 0.264 e. The second-order valence-corrected chi connectivity index (χ2v) is 10.2. The minimum atomic E-state index is -2.65. The number of amides is 1. The van der Waals surface area contributed by atoms with Gasteiger partial charge in [-0.05, 0) is 62.0 Å². The van der Waals surface area contributed by atoms with Crippen LogP contribution in [-0.4, -0.2) is 65.2 Å². The van der Waals surface area contributed by atoms with Crippen LogP contribution in [0.15, 0.2) is 35.8 Å². The first kappa shape index (κ1) is 25.4. The minimum absolute atomic E-state index is 0.0219. The molecule has 10 heteroatoms. The summed E-state index contributed by atoms with van der Waals surface area (Å²) in [7, 11) is 1.77. The number of piperidine rings is 1. The number of benzene rings is 1. The molecule has 0 aliphatic carbocycles. The number of hydrogen-bond acceptors (Lipinski definition) is 5. The summed E-state index contributed by atoms with van der Waals surface area (Å²) in [6.07, 6.45) is 4.94. The van der Waals surface area contributed by atoms with Crippen LogP contribution in [0.1, 0.15) is 50.2 Å². The van der Waals surface area contributed by atoms with Gasteiger partial charge >= 0.3 is 0 Å². The van der Waals surface area contributed by atoms with Crippen LogP contribution in [-0.2, 0) is 18.3 Å². The monoisotopic (exact) mass is 511 g/mol. The molecule has 1 aromatic heterocycles. The van der Waals surface area contributed by atoms with Crippen LogP contribution in [0.4, 0.5) is 14.5 Å². The fourth-order valence-electron chi connectivity index (χ4n) is 5.66. The summed E-state index contributed by atoms with van der Waals surface area (Å²) >= 11 is 0. The third-order valence-corrected chi connectivity index (χ3v) is 7.68. The molecule has 1 amide bonds. The molecule has 5 rings (SSSR count). The molecule has 0 radical (unpaired) electrons. The van der Waals surface area contributed by atoms with Gasteiger partial charge in [0.1, 0.15) is 5.84 Å². The van der Waals surface area contributed by atoms with Crippen LogP contribution in [0, 0.1) is 5.41 Å². The normalized spacial score (nSPS) is 18.8. The average molecular weight is 512 g/mol. The lowest BCUT2D eigenvalue weighted by atomic mass is 9.92. The Bertz CT molecular complexity index is 1220. The van der Waals surface area contributed by atoms with Crippen molar-refractivity contribution in [1.29, 1.82) is 5.41 Å². The van der Waals surface area contributed by atoms with E-state index in [1.165, 1.54) is 0 Å². The number of hydrogen-bond donors (Lipinski definition) is 3. The molecule has 1 aromatic carbocycles. The quantitative estimate of drug-likeness (QED) is 0.422. The Morgan fingerprint density at radius 1 is 1.22 bits per heavy atom. The second kappa shape index (κ2) is 10.6. The van der Waals surface area contributed by atoms with Crippen molar-refractivity contribution in [3.05, 3.63) is 46.9 Å². The van der Waals surface area contributed by atoms with Crippen LogP contribution in [0.5, 0.6) is 0 Å². The van der Waals surface area contributed by atoms with Crippen molar-refractivity contribution in [2.45, 2.75) is 51.5 Å². The molecule has 3 aliphatic heterocycles. The lowest BCUT2D eigenvalue weighted by Gasteiger charge is -2.38. The van der Waals surface area contributed by atoms with Gasteiger partial charge in [-0.25, -0.2) is 8.78 Å². The van der Waals surface area contributed by atoms with Gasteiger partial charge in [0.2, 0.25) is 5.91 Å². The Labute approximate surface area is 216 Å². The molecular formula is C27H35F2N7O. The van der Waals surface area contributed by atoms with Gasteiger partial charge in [-0.1, -0.05) is 0 Å². The summed E-state index contributed by atoms with van der Waals surface area (Å²) in [5, 5.41) is 20.5. The van der Waals surface area contributed by atoms with Crippen molar-refractivity contribution in [1.82, 2.24) is 25.3 Å². The summed E-state index contributed by atoms with van der Waals surface area (Å²) in [6, 6.07) is 3.73. The lowest BCUT2D eigenvalue weighted by Crippen LogP contribution is -2.47. The molecule has 3 aliphatic rings. The fourth-order valence-corrected chi connectivity index (χ4v) is 5.66. The average Bonchev–Trinajstić information content (AvgIpc) is 3.34. The van der Waals surface area contributed by atoms with E-state index in [1.807, 2.05) is 11.0 Å². The molecule has 1 fully saturated rings. The zero-order valence-electron chi connectivity index (χ0n) is 21.5. The fraction of sp³-hybridized carbons (Fsp3) is 0.519. The summed E-state index contributed by atoms with van der Waals surface area (Å²) in [4.78, 5) is 15.9. The van der Waals surface area contributed by atoms with Gasteiger partial charge in [0.05, 0.1) is 12.7 Å². The first-order valence-corrected chi connectivity index (χ1v) is 13.1. The largest absolute Gasteiger partial charge is 0.385 e. The van der Waals surface area contributed by atoms with E-state index in [1.54, 1.807) is 42.0 Å². The summed E-state index contributed by atoms with van der Waals surface area (Å²) in [5.74, 6) is 0.268. The molecule has 198 valence electrons. The minimum Gasteiger partial charge on any atom is -0.385 e. The Balaban J connectivity index is 1.52. The van der Waals surface area contributed by atoms with Crippen LogP contribution in [0.3, 0.4) is 0 Å². The molecule has 1 saturated heterocycles. The molecule has 37 heavy (non-hydrogen) atoms. The third kappa shape index (κ3) is 5.25. The van der Waals surface area contributed by atoms with Gasteiger partial charge < -0.3 is 20.4 Å². The number of halogens is 2. The number of carbonyl (C=O) groups excluding carboxylic acids is 1. The van der Waals surface area contributed by atoms with Gasteiger partial charge in [0.25, 0.3) is 6.43 Å². The van der Waals surface area contributed by atoms with Crippen LogP contribution >= 0.6 is 0 Å². The maximum Gasteiger partial charge on any atom is 0.264 e. The van der Waals surface area contributed by atoms with E-state index in [0.29, 0.717) is 48.9 Å². The van der Waals surface area contributed by atoms with Crippen molar-refractivity contribution >= 4 is 17.4 Å². The number of aromatic nitrogens is 2. The molecule has 2 aromatic rings. The van der Waals surface area contributed by atoms with E-state index in [4.69, 9.17) is 0 Å². The van der Waals surface area contributed by atoms with Crippen molar-refractivity contribution in [2.75, 3.05) is 37.6 Å². The number of rotatable bonds is 5. The van der Waals surface area contributed by atoms with Gasteiger partial charge in [0.15, 0.2) is 0 Å². The van der Waals surface area contributed by atoms with E-state index >= 15 is 0 Å². The number of aryl methyl sites for hydroxylation is 2. The van der Waals surface area contributed by atoms with Crippen molar-refractivity contribution in [2.24, 2.45) is 7.05 Å². The molecule has 0 atom stereocenters. The van der Waals surface area contributed by atoms with Crippen molar-refractivity contribution < 1.29 is 13.6 Å². The highest BCUT2D eigenvalue weighted by Crippen LogP contribution is 2.39. The Morgan fingerprint density at radius 3 is 2.68 bits per heavy atom. The number of carbonyl (C=O) groups is 1. The summed E-state index contributed by atoms with van der Waals surface area (Å²) in [6.45, 7) is 4.99. The van der Waals surface area contributed by atoms with Crippen LogP contribution in [0.25, 0.3) is 11.1 Å². The number of alkyl halides is 2. The molecule has 0 saturated carbocycles. The van der Waals surface area contributed by atoms with Gasteiger partial charge in [-0.3, -0.25) is 14.9 Å². The van der Waals surface area contributed by atoms with E-state index in [2.05, 4.69) is 15.7 Å². The number of nitrogens with zero attached hydrogens (tertiary/aromatic N) is 4. The van der Waals surface area contributed by atoms with E-state index in [-0.39, 0.29) is 17.3 Å². The lowest BCUT2D eigenvalue weighted by molar-refractivity contribution is -0.128. The van der Waals surface area contributed by atoms with Crippen molar-refractivity contribution in [3.63, 3.8) is 0 Å². The molecule has 3 N–H and O–H groups in total. The molecule has 8 nitrogen and oxygen atoms in total. The highest BCUT2D eigenvalue weighted by molar-refractivity contribution is 6.09. The Morgan fingerprint density at radius 2 is 2.00 bits per heavy atom. The first-order valence-electron chi connectivity index (χ1n) is 13.1. The van der Waals surface area contributed by atoms with Crippen LogP contribution < -0.4 is 15.5 Å². The predicted octanol–water partition coefficient (Wildman–Crippen LogP) is 3.60. The highest BCUT2D eigenvalue weighted by atomic mass is 19.3. The van der Waals surface area contributed by atoms with E-state index in [0.717, 1.165) is 55.6 Å². The summed E-state index contributed by atoms with van der Waals surface area (Å²) in [5.41, 5.74) is 4.49. The van der Waals surface area contributed by atoms with Crippen molar-refractivity contribution in [3.8, 4) is 11.1 Å². The second-order valence-electron chi connectivity index (χ2n) is 10.2. The number of fused-ring (bicyclic) bond motifs is 1. The predicted molar refractivity (Wildman–Crippen MR) is 140 cm³/mol. The topological polar surface area (TPSA) is 89.3 Å². The SMILES string of the molecule is CC(=O)N1CCC(NC2CCNCC2)=C(C(=N)N2CCCc3cc(-c4cnn(C)c4)c(C(F)F)cc32)C1. The maximum atomic E-state index is 14.3. The zero-order valence-corrected chi connectivity index (χ0v) is 21.5. The highest BCUT2D eigenvalue weighted by Gasteiger charge is 2.31. The molecule has 0 unspecified atom stereocenters. The van der Waals surface area contributed by atoms with Gasteiger partial charge in [-0.15, -0.1) is 0 Å².